The number of likely N-dealkylation sites (tertiary alicyclic amines) is 1. The van der Waals surface area contributed by atoms with E-state index in [0.717, 1.165) is 43.5 Å². The van der Waals surface area contributed by atoms with Crippen LogP contribution in [0, 0.1) is 12.8 Å². The first-order chi connectivity index (χ1) is 15.9. The van der Waals surface area contributed by atoms with Crippen LogP contribution >= 0.6 is 11.3 Å². The highest BCUT2D eigenvalue weighted by Crippen LogP contribution is 2.46. The van der Waals surface area contributed by atoms with Gasteiger partial charge in [0.1, 0.15) is 10.8 Å². The van der Waals surface area contributed by atoms with Crippen LogP contribution in [0.25, 0.3) is 0 Å². The Morgan fingerprint density at radius 1 is 1.21 bits per heavy atom. The zero-order valence-corrected chi connectivity index (χ0v) is 19.9. The van der Waals surface area contributed by atoms with Crippen LogP contribution in [0.2, 0.25) is 0 Å². The number of amides is 2. The van der Waals surface area contributed by atoms with Crippen LogP contribution in [0.5, 0.6) is 0 Å². The maximum atomic E-state index is 12.8. The molecule has 8 nitrogen and oxygen atoms in total. The quantitative estimate of drug-likeness (QED) is 0.569. The maximum absolute atomic E-state index is 12.8. The number of piperidine rings is 1. The molecule has 0 radical (unpaired) electrons. The molecule has 2 amide bonds. The molecular weight excluding hydrogens is 440 g/mol. The molecule has 2 aromatic rings. The normalized spacial score (nSPS) is 18.5. The average molecular weight is 471 g/mol. The highest BCUT2D eigenvalue weighted by atomic mass is 32.1. The van der Waals surface area contributed by atoms with Crippen LogP contribution < -0.4 is 10.6 Å². The standard InChI is InChI=1S/C24H30N4O4S/c1-3-32-24(31)21-18(16-9-10-16)14-33-23(21)27-20(29)13-28-11-5-7-17(12-28)22(30)26-19-8-4-6-15(2)25-19/h4,6,8,14,16-17H,3,5,7,9-13H2,1-2H3,(H,27,29)(H,25,26,30). The predicted octanol–water partition coefficient (Wildman–Crippen LogP) is 3.79. The summed E-state index contributed by atoms with van der Waals surface area (Å²) < 4.78 is 5.23. The fourth-order valence-electron chi connectivity index (χ4n) is 4.20. The van der Waals surface area contributed by atoms with Crippen molar-refractivity contribution in [3.8, 4) is 0 Å². The van der Waals surface area contributed by atoms with Gasteiger partial charge in [-0.05, 0) is 75.1 Å². The second-order valence-corrected chi connectivity index (χ2v) is 9.55. The molecular formula is C24H30N4O4S. The number of esters is 1. The van der Waals surface area contributed by atoms with Crippen LogP contribution in [0.15, 0.2) is 23.6 Å². The Balaban J connectivity index is 1.35. The summed E-state index contributed by atoms with van der Waals surface area (Å²) in [6.45, 7) is 5.38. The Hall–Kier alpha value is -2.78. The largest absolute Gasteiger partial charge is 0.462 e. The van der Waals surface area contributed by atoms with Gasteiger partial charge in [-0.15, -0.1) is 11.3 Å². The predicted molar refractivity (Wildman–Crippen MR) is 128 cm³/mol. The van der Waals surface area contributed by atoms with Crippen LogP contribution in [0.1, 0.15) is 60.1 Å². The van der Waals surface area contributed by atoms with E-state index in [9.17, 15) is 14.4 Å². The molecule has 0 aromatic carbocycles. The molecule has 1 unspecified atom stereocenters. The lowest BCUT2D eigenvalue weighted by Crippen LogP contribution is -2.44. The number of carbonyl (C=O) groups excluding carboxylic acids is 3. The molecule has 2 fully saturated rings. The van der Waals surface area contributed by atoms with E-state index in [-0.39, 0.29) is 30.2 Å². The van der Waals surface area contributed by atoms with Gasteiger partial charge in [0, 0.05) is 12.2 Å². The van der Waals surface area contributed by atoms with E-state index in [1.807, 2.05) is 29.3 Å². The van der Waals surface area contributed by atoms with Gasteiger partial charge < -0.3 is 15.4 Å². The highest BCUT2D eigenvalue weighted by Gasteiger charge is 2.33. The SMILES string of the molecule is CCOC(=O)c1c(C2CC2)csc1NC(=O)CN1CCCC(C(=O)Nc2cccc(C)n2)C1. The first-order valence-corrected chi connectivity index (χ1v) is 12.4. The molecule has 0 spiro atoms. The smallest absolute Gasteiger partial charge is 0.341 e. The van der Waals surface area contributed by atoms with Crippen molar-refractivity contribution in [2.75, 3.05) is 36.9 Å². The maximum Gasteiger partial charge on any atom is 0.341 e. The Labute approximate surface area is 197 Å². The molecule has 1 saturated carbocycles. The number of anilines is 2. The number of carbonyl (C=O) groups is 3. The van der Waals surface area contributed by atoms with E-state index in [1.54, 1.807) is 13.0 Å². The van der Waals surface area contributed by atoms with E-state index >= 15 is 0 Å². The molecule has 1 aliphatic heterocycles. The summed E-state index contributed by atoms with van der Waals surface area (Å²) in [5.41, 5.74) is 2.32. The Bertz CT molecular complexity index is 1030. The second-order valence-electron chi connectivity index (χ2n) is 8.67. The first-order valence-electron chi connectivity index (χ1n) is 11.5. The minimum atomic E-state index is -0.379. The van der Waals surface area contributed by atoms with Crippen molar-refractivity contribution in [2.45, 2.75) is 45.4 Å². The summed E-state index contributed by atoms with van der Waals surface area (Å²) >= 11 is 1.37. The van der Waals surface area contributed by atoms with Gasteiger partial charge in [0.15, 0.2) is 0 Å². The van der Waals surface area contributed by atoms with Crippen LogP contribution in [-0.4, -0.2) is 53.9 Å². The number of aromatic nitrogens is 1. The monoisotopic (exact) mass is 470 g/mol. The molecule has 33 heavy (non-hydrogen) atoms. The Kier molecular flexibility index (Phi) is 7.39. The first kappa shape index (κ1) is 23.4. The summed E-state index contributed by atoms with van der Waals surface area (Å²) in [7, 11) is 0. The van der Waals surface area contributed by atoms with Crippen molar-refractivity contribution >= 4 is 39.9 Å². The van der Waals surface area contributed by atoms with E-state index in [2.05, 4.69) is 15.6 Å². The molecule has 1 saturated heterocycles. The number of pyridine rings is 1. The Morgan fingerprint density at radius 3 is 2.76 bits per heavy atom. The number of ether oxygens (including phenoxy) is 1. The number of rotatable bonds is 8. The van der Waals surface area contributed by atoms with Gasteiger partial charge in [0.25, 0.3) is 0 Å². The third kappa shape index (κ3) is 5.97. The van der Waals surface area contributed by atoms with Crippen LogP contribution in [-0.2, 0) is 14.3 Å². The second kappa shape index (κ2) is 10.4. The van der Waals surface area contributed by atoms with Crippen molar-refractivity contribution in [3.05, 3.63) is 40.4 Å². The third-order valence-electron chi connectivity index (χ3n) is 5.95. The van der Waals surface area contributed by atoms with E-state index in [4.69, 9.17) is 4.74 Å². The van der Waals surface area contributed by atoms with E-state index in [0.29, 0.717) is 35.5 Å². The van der Waals surface area contributed by atoms with Gasteiger partial charge in [-0.25, -0.2) is 9.78 Å². The molecule has 2 aliphatic rings. The fraction of sp³-hybridized carbons (Fsp3) is 0.500. The summed E-state index contributed by atoms with van der Waals surface area (Å²) in [4.78, 5) is 44.4. The summed E-state index contributed by atoms with van der Waals surface area (Å²) in [5, 5.41) is 8.32. The summed E-state index contributed by atoms with van der Waals surface area (Å²) in [6.07, 6.45) is 3.74. The molecule has 2 aromatic heterocycles. The van der Waals surface area contributed by atoms with Crippen molar-refractivity contribution in [2.24, 2.45) is 5.92 Å². The molecule has 176 valence electrons. The van der Waals surface area contributed by atoms with Gasteiger partial charge in [-0.2, -0.15) is 0 Å². The van der Waals surface area contributed by atoms with Gasteiger partial charge in [-0.1, -0.05) is 6.07 Å². The topological polar surface area (TPSA) is 101 Å². The summed E-state index contributed by atoms with van der Waals surface area (Å²) in [6, 6.07) is 5.52. The van der Waals surface area contributed by atoms with Gasteiger partial charge >= 0.3 is 5.97 Å². The van der Waals surface area contributed by atoms with E-state index < -0.39 is 0 Å². The molecule has 0 bridgehead atoms. The minimum absolute atomic E-state index is 0.0739. The fourth-order valence-corrected chi connectivity index (χ4v) is 5.24. The van der Waals surface area contributed by atoms with Crippen LogP contribution in [0.3, 0.4) is 0 Å². The zero-order valence-electron chi connectivity index (χ0n) is 19.1. The minimum Gasteiger partial charge on any atom is -0.462 e. The van der Waals surface area contributed by atoms with Crippen molar-refractivity contribution in [1.29, 1.82) is 0 Å². The third-order valence-corrected chi connectivity index (χ3v) is 6.87. The van der Waals surface area contributed by atoms with Crippen molar-refractivity contribution in [3.63, 3.8) is 0 Å². The lowest BCUT2D eigenvalue weighted by atomic mass is 9.97. The van der Waals surface area contributed by atoms with Crippen molar-refractivity contribution in [1.82, 2.24) is 9.88 Å². The lowest BCUT2D eigenvalue weighted by Gasteiger charge is -2.31. The highest BCUT2D eigenvalue weighted by molar-refractivity contribution is 7.15. The molecule has 3 heterocycles. The molecule has 4 rings (SSSR count). The van der Waals surface area contributed by atoms with Gasteiger partial charge in [0.2, 0.25) is 11.8 Å². The number of hydrogen-bond acceptors (Lipinski definition) is 7. The van der Waals surface area contributed by atoms with Crippen LogP contribution in [0.4, 0.5) is 10.8 Å². The van der Waals surface area contributed by atoms with Gasteiger partial charge in [0.05, 0.1) is 24.6 Å². The molecule has 1 atom stereocenters. The van der Waals surface area contributed by atoms with E-state index in [1.165, 1.54) is 11.3 Å². The summed E-state index contributed by atoms with van der Waals surface area (Å²) in [5.74, 6) is 0.0879. The number of nitrogens with one attached hydrogen (secondary N) is 2. The molecule has 1 aliphatic carbocycles. The zero-order chi connectivity index (χ0) is 23.4. The lowest BCUT2D eigenvalue weighted by molar-refractivity contribution is -0.123. The number of hydrogen-bond donors (Lipinski definition) is 2. The Morgan fingerprint density at radius 2 is 2.03 bits per heavy atom. The van der Waals surface area contributed by atoms with Gasteiger partial charge in [-0.3, -0.25) is 14.5 Å². The number of aryl methyl sites for hydroxylation is 1. The molecule has 9 heteroatoms. The van der Waals surface area contributed by atoms with Crippen molar-refractivity contribution < 1.29 is 19.1 Å². The number of nitrogens with zero attached hydrogens (tertiary/aromatic N) is 2. The number of thiophene rings is 1. The average Bonchev–Trinajstić information content (AvgIpc) is 3.54. The molecule has 2 N–H and O–H groups in total.